The van der Waals surface area contributed by atoms with Gasteiger partial charge < -0.3 is 10.2 Å². The SMILES string of the molecule is CCC(C)(C)CC1CCCC2(C1)N=C(c1cc(Cl)cc(Cl)c1)C(=O)N2C(CCC(C)C)c1ccc(C(=O)NCc2nn[nH]n2)cc1. The highest BCUT2D eigenvalue weighted by Crippen LogP contribution is 2.49. The van der Waals surface area contributed by atoms with Crippen LogP contribution < -0.4 is 5.32 Å². The standard InChI is InChI=1S/C35H45Cl2N7O2/c1-6-34(4,5)19-23-8-7-15-35(20-23)39-31(26-16-27(36)18-28(37)17-26)33(46)44(35)29(14-9-22(2)3)24-10-12-25(13-11-24)32(45)38-21-30-40-42-43-41-30/h10-13,16-18,22-23,29H,6-9,14-15,19-21H2,1-5H3,(H,38,45)(H,40,41,42,43). The predicted octanol–water partition coefficient (Wildman–Crippen LogP) is 7.96. The molecule has 11 heteroatoms. The van der Waals surface area contributed by atoms with Crippen molar-refractivity contribution in [2.75, 3.05) is 0 Å². The number of halogens is 2. The molecular formula is C35H45Cl2N7O2. The van der Waals surface area contributed by atoms with Crippen LogP contribution in [0.5, 0.6) is 0 Å². The number of benzene rings is 2. The van der Waals surface area contributed by atoms with Crippen molar-refractivity contribution >= 4 is 40.7 Å². The Kier molecular flexibility index (Phi) is 10.5. The van der Waals surface area contributed by atoms with E-state index in [9.17, 15) is 9.59 Å². The normalized spacial score (nSPS) is 20.8. The topological polar surface area (TPSA) is 116 Å². The van der Waals surface area contributed by atoms with E-state index in [1.807, 2.05) is 24.3 Å². The number of nitrogens with zero attached hydrogens (tertiary/aromatic N) is 5. The van der Waals surface area contributed by atoms with Gasteiger partial charge in [0, 0.05) is 21.2 Å². The van der Waals surface area contributed by atoms with Crippen molar-refractivity contribution in [1.82, 2.24) is 30.8 Å². The zero-order valence-corrected chi connectivity index (χ0v) is 29.0. The number of nitrogens with one attached hydrogen (secondary N) is 2. The number of rotatable bonds is 12. The minimum absolute atomic E-state index is 0.0931. The second kappa shape index (κ2) is 14.2. The highest BCUT2D eigenvalue weighted by Gasteiger charge is 2.52. The van der Waals surface area contributed by atoms with E-state index in [0.29, 0.717) is 44.5 Å². The molecule has 5 rings (SSSR count). The van der Waals surface area contributed by atoms with Gasteiger partial charge in [0.1, 0.15) is 11.4 Å². The number of carbonyl (C=O) groups is 2. The number of aromatic amines is 1. The second-order valence-electron chi connectivity index (χ2n) is 14.1. The van der Waals surface area contributed by atoms with Crippen molar-refractivity contribution < 1.29 is 9.59 Å². The Morgan fingerprint density at radius 2 is 1.85 bits per heavy atom. The molecule has 46 heavy (non-hydrogen) atoms. The molecule has 1 spiro atoms. The number of aliphatic imine (C=N–C) groups is 1. The van der Waals surface area contributed by atoms with Gasteiger partial charge in [0.05, 0.1) is 12.6 Å². The third-order valence-corrected chi connectivity index (χ3v) is 10.0. The van der Waals surface area contributed by atoms with Crippen LogP contribution in [0.25, 0.3) is 0 Å². The third-order valence-electron chi connectivity index (χ3n) is 9.61. The number of H-pyrrole nitrogens is 1. The predicted molar refractivity (Wildman–Crippen MR) is 182 cm³/mol. The molecule has 2 N–H and O–H groups in total. The van der Waals surface area contributed by atoms with Crippen LogP contribution in [0.2, 0.25) is 10.0 Å². The van der Waals surface area contributed by atoms with Gasteiger partial charge in [0.2, 0.25) is 0 Å². The number of amides is 2. The molecule has 3 atom stereocenters. The molecule has 3 aromatic rings. The van der Waals surface area contributed by atoms with Crippen LogP contribution in [0.4, 0.5) is 0 Å². The van der Waals surface area contributed by atoms with Gasteiger partial charge in [-0.3, -0.25) is 14.6 Å². The highest BCUT2D eigenvalue weighted by atomic mass is 35.5. The average Bonchev–Trinajstić information content (AvgIpc) is 3.62. The fourth-order valence-electron chi connectivity index (χ4n) is 7.00. The van der Waals surface area contributed by atoms with E-state index in [4.69, 9.17) is 28.2 Å². The molecule has 1 aromatic heterocycles. The first-order valence-corrected chi connectivity index (χ1v) is 17.2. The third kappa shape index (κ3) is 7.80. The van der Waals surface area contributed by atoms with Crippen molar-refractivity contribution in [3.05, 3.63) is 75.0 Å². The molecule has 2 amide bonds. The van der Waals surface area contributed by atoms with Gasteiger partial charge in [0.25, 0.3) is 11.8 Å². The van der Waals surface area contributed by atoms with Crippen molar-refractivity contribution in [3.8, 4) is 0 Å². The largest absolute Gasteiger partial charge is 0.345 e. The molecule has 2 aliphatic rings. The Balaban J connectivity index is 1.52. The summed E-state index contributed by atoms with van der Waals surface area (Å²) in [4.78, 5) is 35.1. The lowest BCUT2D eigenvalue weighted by molar-refractivity contribution is -0.134. The van der Waals surface area contributed by atoms with Gasteiger partial charge >= 0.3 is 0 Å². The molecule has 2 heterocycles. The monoisotopic (exact) mass is 665 g/mol. The maximum Gasteiger partial charge on any atom is 0.275 e. The Morgan fingerprint density at radius 3 is 2.48 bits per heavy atom. The lowest BCUT2D eigenvalue weighted by Crippen LogP contribution is -2.51. The van der Waals surface area contributed by atoms with Crippen molar-refractivity contribution in [2.45, 2.75) is 104 Å². The van der Waals surface area contributed by atoms with E-state index in [-0.39, 0.29) is 29.8 Å². The molecule has 246 valence electrons. The van der Waals surface area contributed by atoms with E-state index < -0.39 is 5.66 Å². The minimum Gasteiger partial charge on any atom is -0.345 e. The van der Waals surface area contributed by atoms with Crippen molar-refractivity contribution in [1.29, 1.82) is 0 Å². The van der Waals surface area contributed by atoms with Crippen LogP contribution in [0.1, 0.15) is 119 Å². The van der Waals surface area contributed by atoms with Gasteiger partial charge in [0.15, 0.2) is 5.82 Å². The lowest BCUT2D eigenvalue weighted by Gasteiger charge is -2.47. The van der Waals surface area contributed by atoms with Gasteiger partial charge in [-0.1, -0.05) is 88.0 Å². The number of carbonyl (C=O) groups excluding carboxylic acids is 2. The Hall–Kier alpha value is -3.30. The Morgan fingerprint density at radius 1 is 1.13 bits per heavy atom. The molecular weight excluding hydrogens is 621 g/mol. The molecule has 0 radical (unpaired) electrons. The zero-order valence-electron chi connectivity index (χ0n) is 27.4. The van der Waals surface area contributed by atoms with Gasteiger partial charge in [-0.05, 0) is 91.7 Å². The van der Waals surface area contributed by atoms with E-state index in [2.05, 4.69) is 65.5 Å². The summed E-state index contributed by atoms with van der Waals surface area (Å²) in [6.45, 7) is 11.5. The van der Waals surface area contributed by atoms with Crippen LogP contribution in [-0.2, 0) is 11.3 Å². The number of hydrogen-bond acceptors (Lipinski definition) is 6. The van der Waals surface area contributed by atoms with E-state index in [1.165, 1.54) is 0 Å². The summed E-state index contributed by atoms with van der Waals surface area (Å²) in [6.07, 6.45) is 7.64. The lowest BCUT2D eigenvalue weighted by atomic mass is 9.71. The summed E-state index contributed by atoms with van der Waals surface area (Å²) in [5, 5.41) is 17.5. The molecule has 0 saturated heterocycles. The first-order chi connectivity index (χ1) is 21.9. The van der Waals surface area contributed by atoms with Crippen molar-refractivity contribution in [2.24, 2.45) is 22.2 Å². The van der Waals surface area contributed by atoms with Gasteiger partial charge in [-0.2, -0.15) is 5.21 Å². The van der Waals surface area contributed by atoms with Gasteiger partial charge in [-0.25, -0.2) is 0 Å². The molecule has 9 nitrogen and oxygen atoms in total. The summed E-state index contributed by atoms with van der Waals surface area (Å²) >= 11 is 12.9. The molecule has 0 bridgehead atoms. The number of tetrazole rings is 1. The summed E-state index contributed by atoms with van der Waals surface area (Å²) < 4.78 is 0. The molecule has 1 aliphatic heterocycles. The van der Waals surface area contributed by atoms with E-state index in [1.54, 1.807) is 18.2 Å². The van der Waals surface area contributed by atoms with Crippen LogP contribution in [0.3, 0.4) is 0 Å². The fraction of sp³-hybridized carbons (Fsp3) is 0.543. The van der Waals surface area contributed by atoms with Gasteiger partial charge in [-0.15, -0.1) is 10.2 Å². The molecule has 2 aromatic carbocycles. The maximum absolute atomic E-state index is 14.7. The second-order valence-corrected chi connectivity index (χ2v) is 15.0. The minimum atomic E-state index is -0.670. The fourth-order valence-corrected chi connectivity index (χ4v) is 7.52. The summed E-state index contributed by atoms with van der Waals surface area (Å²) in [7, 11) is 0. The first-order valence-electron chi connectivity index (χ1n) is 16.4. The Bertz CT molecular complexity index is 1540. The number of hydrogen-bond donors (Lipinski definition) is 2. The smallest absolute Gasteiger partial charge is 0.275 e. The first kappa shape index (κ1) is 34.0. The maximum atomic E-state index is 14.7. The number of aromatic nitrogens is 4. The van der Waals surface area contributed by atoms with E-state index >= 15 is 0 Å². The summed E-state index contributed by atoms with van der Waals surface area (Å²) in [6, 6.07) is 12.6. The summed E-state index contributed by atoms with van der Waals surface area (Å²) in [5.41, 5.74) is 2.11. The quantitative estimate of drug-likeness (QED) is 0.204. The van der Waals surface area contributed by atoms with Crippen LogP contribution in [0, 0.1) is 17.3 Å². The van der Waals surface area contributed by atoms with Crippen LogP contribution in [-0.4, -0.2) is 48.7 Å². The Labute approximate surface area is 281 Å². The zero-order chi connectivity index (χ0) is 33.1. The molecule has 3 unspecified atom stereocenters. The van der Waals surface area contributed by atoms with Crippen molar-refractivity contribution in [3.63, 3.8) is 0 Å². The van der Waals surface area contributed by atoms with Crippen LogP contribution >= 0.6 is 23.2 Å². The summed E-state index contributed by atoms with van der Waals surface area (Å²) in [5.74, 6) is 0.968. The van der Waals surface area contributed by atoms with Crippen LogP contribution in [0.15, 0.2) is 47.5 Å². The molecule has 1 fully saturated rings. The van der Waals surface area contributed by atoms with E-state index in [0.717, 1.165) is 56.9 Å². The molecule has 1 saturated carbocycles. The highest BCUT2D eigenvalue weighted by molar-refractivity contribution is 6.47. The molecule has 1 aliphatic carbocycles. The average molecular weight is 667 g/mol.